The number of alkyl halides is 3. The van der Waals surface area contributed by atoms with Gasteiger partial charge < -0.3 is 10.5 Å². The van der Waals surface area contributed by atoms with Crippen molar-refractivity contribution in [2.45, 2.75) is 51.2 Å². The summed E-state index contributed by atoms with van der Waals surface area (Å²) in [5, 5.41) is 0. The third-order valence-electron chi connectivity index (χ3n) is 4.46. The highest BCUT2D eigenvalue weighted by Gasteiger charge is 2.35. The first-order chi connectivity index (χ1) is 12.6. The van der Waals surface area contributed by atoms with Crippen LogP contribution in [0.15, 0.2) is 18.2 Å². The maximum Gasteiger partial charge on any atom is 0.419 e. The predicted molar refractivity (Wildman–Crippen MR) is 97.9 cm³/mol. The first-order valence-electron chi connectivity index (χ1n) is 9.16. The molecular formula is C18H27F3N2O3S. The van der Waals surface area contributed by atoms with Gasteiger partial charge in [0.1, 0.15) is 5.75 Å². The third kappa shape index (κ3) is 7.31. The van der Waals surface area contributed by atoms with Gasteiger partial charge in [0, 0.05) is 6.04 Å². The Kier molecular flexibility index (Phi) is 7.53. The fraction of sp³-hybridized carbons (Fsp3) is 0.667. The number of halogens is 3. The molecule has 1 aromatic rings. The zero-order valence-corrected chi connectivity index (χ0v) is 16.2. The number of hydrogen-bond donors (Lipinski definition) is 2. The number of nitrogens with two attached hydrogens (primary N) is 1. The molecule has 9 heteroatoms. The Balaban J connectivity index is 2.08. The lowest BCUT2D eigenvalue weighted by atomic mass is 10.1. The molecule has 0 bridgehead atoms. The molecule has 1 saturated carbocycles. The van der Waals surface area contributed by atoms with E-state index in [-0.39, 0.29) is 18.1 Å². The van der Waals surface area contributed by atoms with Crippen LogP contribution in [0.2, 0.25) is 0 Å². The molecule has 0 aliphatic heterocycles. The summed E-state index contributed by atoms with van der Waals surface area (Å²) in [6, 6.07) is 2.86. The molecule has 1 aliphatic rings. The molecule has 0 unspecified atom stereocenters. The number of hydrogen-bond acceptors (Lipinski definition) is 4. The maximum absolute atomic E-state index is 13.2. The van der Waals surface area contributed by atoms with Crippen molar-refractivity contribution in [2.75, 3.05) is 18.9 Å². The number of ether oxygens (including phenoxy) is 1. The molecule has 0 radical (unpaired) electrons. The predicted octanol–water partition coefficient (Wildman–Crippen LogP) is 3.60. The van der Waals surface area contributed by atoms with Crippen molar-refractivity contribution in [3.8, 4) is 5.75 Å². The second-order valence-electron chi connectivity index (χ2n) is 7.02. The van der Waals surface area contributed by atoms with E-state index in [1.807, 2.05) is 0 Å². The molecule has 1 aliphatic carbocycles. The van der Waals surface area contributed by atoms with E-state index in [0.29, 0.717) is 30.9 Å². The van der Waals surface area contributed by atoms with Crippen molar-refractivity contribution in [2.24, 2.45) is 11.7 Å². The summed E-state index contributed by atoms with van der Waals surface area (Å²) in [5.74, 6) is 0.0170. The van der Waals surface area contributed by atoms with Crippen molar-refractivity contribution in [1.82, 2.24) is 4.72 Å². The zero-order valence-electron chi connectivity index (χ0n) is 15.4. The molecule has 0 heterocycles. The van der Waals surface area contributed by atoms with E-state index in [4.69, 9.17) is 10.5 Å². The van der Waals surface area contributed by atoms with Crippen LogP contribution in [0.4, 0.5) is 13.2 Å². The molecule has 154 valence electrons. The second kappa shape index (κ2) is 9.25. The Morgan fingerprint density at radius 2 is 1.96 bits per heavy atom. The standard InChI is InChI=1S/C18H27F3N2O3S/c1-13(23-27(24,25)10-4-2-3-9-22)15-7-8-16(18(19,20)21)17(11-15)26-12-14-5-6-14/h7-8,11,13-14,23H,2-6,9-10,12,22H2,1H3/t13-/m0/s1. The van der Waals surface area contributed by atoms with E-state index in [2.05, 4.69) is 4.72 Å². The number of benzene rings is 1. The Hall–Kier alpha value is -1.32. The van der Waals surface area contributed by atoms with E-state index >= 15 is 0 Å². The summed E-state index contributed by atoms with van der Waals surface area (Å²) >= 11 is 0. The summed E-state index contributed by atoms with van der Waals surface area (Å²) in [7, 11) is -3.53. The third-order valence-corrected chi connectivity index (χ3v) is 5.99. The SMILES string of the molecule is C[C@H](NS(=O)(=O)CCCCCN)c1ccc(C(F)(F)F)c(OCC2CC2)c1. The quantitative estimate of drug-likeness (QED) is 0.548. The van der Waals surface area contributed by atoms with Crippen LogP contribution in [0, 0.1) is 5.92 Å². The summed E-state index contributed by atoms with van der Waals surface area (Å²) in [6.45, 7) is 2.36. The molecular weight excluding hydrogens is 381 g/mol. The van der Waals surface area contributed by atoms with E-state index in [9.17, 15) is 21.6 Å². The first-order valence-corrected chi connectivity index (χ1v) is 10.8. The van der Waals surface area contributed by atoms with Gasteiger partial charge in [0.05, 0.1) is 17.9 Å². The van der Waals surface area contributed by atoms with Crippen molar-refractivity contribution in [1.29, 1.82) is 0 Å². The van der Waals surface area contributed by atoms with Crippen LogP contribution in [0.3, 0.4) is 0 Å². The minimum atomic E-state index is -4.52. The largest absolute Gasteiger partial charge is 0.493 e. The maximum atomic E-state index is 13.2. The summed E-state index contributed by atoms with van der Waals surface area (Å²) in [5.41, 5.74) is 4.97. The first kappa shape index (κ1) is 22.0. The van der Waals surface area contributed by atoms with Gasteiger partial charge >= 0.3 is 6.18 Å². The number of sulfonamides is 1. The fourth-order valence-electron chi connectivity index (χ4n) is 2.66. The molecule has 3 N–H and O–H groups in total. The van der Waals surface area contributed by atoms with Crippen molar-refractivity contribution < 1.29 is 26.3 Å². The fourth-order valence-corrected chi connectivity index (χ4v) is 4.04. The Bertz CT molecular complexity index is 719. The van der Waals surface area contributed by atoms with E-state index in [1.54, 1.807) is 6.92 Å². The summed E-state index contributed by atoms with van der Waals surface area (Å²) < 4.78 is 71.8. The minimum absolute atomic E-state index is 0.0387. The van der Waals surface area contributed by atoms with Crippen molar-refractivity contribution in [3.05, 3.63) is 29.3 Å². The number of nitrogens with one attached hydrogen (secondary N) is 1. The lowest BCUT2D eigenvalue weighted by Crippen LogP contribution is -2.29. The molecule has 0 saturated heterocycles. The highest BCUT2D eigenvalue weighted by molar-refractivity contribution is 7.89. The zero-order chi connectivity index (χ0) is 20.1. The van der Waals surface area contributed by atoms with Gasteiger partial charge in [0.15, 0.2) is 0 Å². The average Bonchev–Trinajstić information content (AvgIpc) is 3.40. The highest BCUT2D eigenvalue weighted by atomic mass is 32.2. The normalized spacial score (nSPS) is 16.3. The molecule has 2 rings (SSSR count). The molecule has 0 spiro atoms. The molecule has 0 aromatic heterocycles. The van der Waals surface area contributed by atoms with Crippen LogP contribution in [0.5, 0.6) is 5.75 Å². The molecule has 27 heavy (non-hydrogen) atoms. The van der Waals surface area contributed by atoms with Crippen LogP contribution in [-0.2, 0) is 16.2 Å². The van der Waals surface area contributed by atoms with Crippen LogP contribution < -0.4 is 15.2 Å². The van der Waals surface area contributed by atoms with Gasteiger partial charge in [-0.2, -0.15) is 13.2 Å². The molecule has 1 aromatic carbocycles. The lowest BCUT2D eigenvalue weighted by Gasteiger charge is -2.19. The Labute approximate surface area is 158 Å². The van der Waals surface area contributed by atoms with Gasteiger partial charge in [-0.25, -0.2) is 13.1 Å². The van der Waals surface area contributed by atoms with Crippen molar-refractivity contribution in [3.63, 3.8) is 0 Å². The average molecular weight is 408 g/mol. The van der Waals surface area contributed by atoms with Crippen LogP contribution in [0.25, 0.3) is 0 Å². The van der Waals surface area contributed by atoms with Gasteiger partial charge in [0.2, 0.25) is 10.0 Å². The Morgan fingerprint density at radius 3 is 2.56 bits per heavy atom. The number of unbranched alkanes of at least 4 members (excludes halogenated alkanes) is 2. The molecule has 1 atom stereocenters. The molecule has 5 nitrogen and oxygen atoms in total. The number of rotatable bonds is 11. The monoisotopic (exact) mass is 408 g/mol. The van der Waals surface area contributed by atoms with Gasteiger partial charge in [-0.15, -0.1) is 0 Å². The van der Waals surface area contributed by atoms with Gasteiger partial charge in [-0.1, -0.05) is 12.5 Å². The second-order valence-corrected chi connectivity index (χ2v) is 8.89. The topological polar surface area (TPSA) is 81.4 Å². The van der Waals surface area contributed by atoms with Crippen molar-refractivity contribution >= 4 is 10.0 Å². The highest BCUT2D eigenvalue weighted by Crippen LogP contribution is 2.39. The van der Waals surface area contributed by atoms with Crippen LogP contribution in [0.1, 0.15) is 56.2 Å². The lowest BCUT2D eigenvalue weighted by molar-refractivity contribution is -0.139. The Morgan fingerprint density at radius 1 is 1.26 bits per heavy atom. The van der Waals surface area contributed by atoms with Gasteiger partial charge in [-0.05, 0) is 62.8 Å². The molecule has 0 amide bonds. The van der Waals surface area contributed by atoms with Gasteiger partial charge in [-0.3, -0.25) is 0 Å². The van der Waals surface area contributed by atoms with E-state index in [1.165, 1.54) is 12.1 Å². The van der Waals surface area contributed by atoms with Gasteiger partial charge in [0.25, 0.3) is 0 Å². The van der Waals surface area contributed by atoms with E-state index in [0.717, 1.165) is 25.3 Å². The summed E-state index contributed by atoms with van der Waals surface area (Å²) in [4.78, 5) is 0. The smallest absolute Gasteiger partial charge is 0.419 e. The van der Waals surface area contributed by atoms with E-state index < -0.39 is 27.8 Å². The minimum Gasteiger partial charge on any atom is -0.493 e. The van der Waals surface area contributed by atoms with Crippen LogP contribution in [-0.4, -0.2) is 27.3 Å². The van der Waals surface area contributed by atoms with Crippen LogP contribution >= 0.6 is 0 Å². The summed E-state index contributed by atoms with van der Waals surface area (Å²) in [6.07, 6.45) is -0.648. The molecule has 1 fully saturated rings.